The van der Waals surface area contributed by atoms with Crippen molar-refractivity contribution in [2.24, 2.45) is 0 Å². The normalized spacial score (nSPS) is 14.6. The number of carbonyl (C=O) groups is 2. The second-order valence-corrected chi connectivity index (χ2v) is 6.59. The van der Waals surface area contributed by atoms with Gasteiger partial charge in [-0.3, -0.25) is 4.79 Å². The first-order valence-electron chi connectivity index (χ1n) is 9.26. The molecule has 2 aromatic rings. The number of ether oxygens (including phenoxy) is 1. The predicted molar refractivity (Wildman–Crippen MR) is 107 cm³/mol. The van der Waals surface area contributed by atoms with Crippen molar-refractivity contribution in [1.29, 1.82) is 0 Å². The number of carbonyl (C=O) groups excluding carboxylic acids is 2. The standard InChI is InChI=1S/C21H23BN2O3/c1-2-27-21(26)15-7-9-17(10-8-15)24-13-11-16(12-14-24)23-20(25)18-5-3-4-6-19(18)22/h3-10,16H,2,11-14H2,1H3,(H,23,25). The monoisotopic (exact) mass is 362 g/mol. The van der Waals surface area contributed by atoms with Gasteiger partial charge in [0.15, 0.2) is 0 Å². The fourth-order valence-electron chi connectivity index (χ4n) is 3.27. The van der Waals surface area contributed by atoms with Gasteiger partial charge in [0.1, 0.15) is 7.85 Å². The molecule has 1 aliphatic heterocycles. The van der Waals surface area contributed by atoms with Gasteiger partial charge in [-0.15, -0.1) is 0 Å². The molecule has 27 heavy (non-hydrogen) atoms. The van der Waals surface area contributed by atoms with Crippen LogP contribution >= 0.6 is 0 Å². The van der Waals surface area contributed by atoms with Crippen molar-refractivity contribution in [1.82, 2.24) is 5.32 Å². The van der Waals surface area contributed by atoms with Crippen LogP contribution in [-0.2, 0) is 4.74 Å². The van der Waals surface area contributed by atoms with Crippen molar-refractivity contribution < 1.29 is 14.3 Å². The molecular weight excluding hydrogens is 339 g/mol. The maximum absolute atomic E-state index is 12.4. The van der Waals surface area contributed by atoms with Crippen LogP contribution in [0.25, 0.3) is 0 Å². The number of amides is 1. The molecule has 1 fully saturated rings. The van der Waals surface area contributed by atoms with E-state index in [1.165, 1.54) is 0 Å². The molecule has 0 unspecified atom stereocenters. The number of anilines is 1. The average Bonchev–Trinajstić information content (AvgIpc) is 2.69. The van der Waals surface area contributed by atoms with E-state index in [1.807, 2.05) is 24.3 Å². The SMILES string of the molecule is [B]c1ccccc1C(=O)NC1CCN(c2ccc(C(=O)OCC)cc2)CC1. The maximum atomic E-state index is 12.4. The third kappa shape index (κ3) is 4.70. The highest BCUT2D eigenvalue weighted by atomic mass is 16.5. The molecule has 6 heteroatoms. The summed E-state index contributed by atoms with van der Waals surface area (Å²) in [6.45, 7) is 3.84. The topological polar surface area (TPSA) is 58.6 Å². The molecule has 0 bridgehead atoms. The van der Waals surface area contributed by atoms with Crippen LogP contribution in [0.15, 0.2) is 48.5 Å². The van der Waals surface area contributed by atoms with E-state index in [1.54, 1.807) is 31.2 Å². The number of piperidine rings is 1. The molecular formula is C21H23BN2O3. The van der Waals surface area contributed by atoms with Crippen molar-refractivity contribution in [2.45, 2.75) is 25.8 Å². The number of hydrogen-bond acceptors (Lipinski definition) is 4. The van der Waals surface area contributed by atoms with Gasteiger partial charge in [0.05, 0.1) is 12.2 Å². The lowest BCUT2D eigenvalue weighted by atomic mass is 9.90. The molecule has 0 aromatic heterocycles. The minimum Gasteiger partial charge on any atom is -0.462 e. The lowest BCUT2D eigenvalue weighted by Crippen LogP contribution is -2.45. The second-order valence-electron chi connectivity index (χ2n) is 6.59. The lowest BCUT2D eigenvalue weighted by molar-refractivity contribution is 0.0526. The van der Waals surface area contributed by atoms with Crippen LogP contribution in [-0.4, -0.2) is 45.5 Å². The molecule has 2 radical (unpaired) electrons. The summed E-state index contributed by atoms with van der Waals surface area (Å²) < 4.78 is 5.01. The average molecular weight is 362 g/mol. The fraction of sp³-hybridized carbons (Fsp3) is 0.333. The third-order valence-corrected chi connectivity index (χ3v) is 4.78. The predicted octanol–water partition coefficient (Wildman–Crippen LogP) is 2.06. The Hall–Kier alpha value is -2.76. The summed E-state index contributed by atoms with van der Waals surface area (Å²) in [4.78, 5) is 26.4. The summed E-state index contributed by atoms with van der Waals surface area (Å²) in [5, 5.41) is 3.08. The number of nitrogens with one attached hydrogen (secondary N) is 1. The Balaban J connectivity index is 1.53. The lowest BCUT2D eigenvalue weighted by Gasteiger charge is -2.34. The smallest absolute Gasteiger partial charge is 0.338 e. The first-order chi connectivity index (χ1) is 13.1. The molecule has 0 saturated carbocycles. The zero-order valence-electron chi connectivity index (χ0n) is 15.5. The molecule has 5 nitrogen and oxygen atoms in total. The summed E-state index contributed by atoms with van der Waals surface area (Å²) in [5.41, 5.74) is 2.65. The first kappa shape index (κ1) is 19.0. The van der Waals surface area contributed by atoms with Gasteiger partial charge < -0.3 is 15.0 Å². The van der Waals surface area contributed by atoms with Crippen LogP contribution in [0.2, 0.25) is 0 Å². The zero-order chi connectivity index (χ0) is 19.2. The quantitative estimate of drug-likeness (QED) is 0.654. The highest BCUT2D eigenvalue weighted by Crippen LogP contribution is 2.21. The Kier molecular flexibility index (Phi) is 6.17. The first-order valence-corrected chi connectivity index (χ1v) is 9.26. The van der Waals surface area contributed by atoms with Crippen molar-refractivity contribution in [2.75, 3.05) is 24.6 Å². The molecule has 138 valence electrons. The van der Waals surface area contributed by atoms with E-state index >= 15 is 0 Å². The summed E-state index contributed by atoms with van der Waals surface area (Å²) in [6, 6.07) is 14.7. The zero-order valence-corrected chi connectivity index (χ0v) is 15.5. The van der Waals surface area contributed by atoms with Crippen LogP contribution in [0.4, 0.5) is 5.69 Å². The largest absolute Gasteiger partial charge is 0.462 e. The van der Waals surface area contributed by atoms with Gasteiger partial charge in [-0.2, -0.15) is 0 Å². The van der Waals surface area contributed by atoms with Crippen molar-refractivity contribution >= 4 is 30.9 Å². The number of hydrogen-bond donors (Lipinski definition) is 1. The Morgan fingerprint density at radius 1 is 1.11 bits per heavy atom. The molecule has 1 amide bonds. The van der Waals surface area contributed by atoms with Crippen LogP contribution in [0.1, 0.15) is 40.5 Å². The Morgan fingerprint density at radius 3 is 2.41 bits per heavy atom. The molecule has 1 saturated heterocycles. The summed E-state index contributed by atoms with van der Waals surface area (Å²) in [6.07, 6.45) is 1.72. The molecule has 3 rings (SSSR count). The van der Waals surface area contributed by atoms with E-state index in [0.29, 0.717) is 23.2 Å². The van der Waals surface area contributed by atoms with Gasteiger partial charge in [-0.05, 0) is 44.0 Å². The second kappa shape index (κ2) is 8.76. The Labute approximate surface area is 161 Å². The van der Waals surface area contributed by atoms with Crippen LogP contribution in [0.3, 0.4) is 0 Å². The minimum atomic E-state index is -0.300. The van der Waals surface area contributed by atoms with Gasteiger partial charge in [0.25, 0.3) is 5.91 Å². The Bertz CT molecular complexity index is 799. The van der Waals surface area contributed by atoms with E-state index in [9.17, 15) is 9.59 Å². The van der Waals surface area contributed by atoms with Gasteiger partial charge in [0, 0.05) is 30.4 Å². The maximum Gasteiger partial charge on any atom is 0.338 e. The number of nitrogens with zero attached hydrogens (tertiary/aromatic N) is 1. The highest BCUT2D eigenvalue weighted by Gasteiger charge is 2.22. The van der Waals surface area contributed by atoms with Gasteiger partial charge in [-0.25, -0.2) is 4.79 Å². The molecule has 0 atom stereocenters. The van der Waals surface area contributed by atoms with Gasteiger partial charge in [-0.1, -0.05) is 29.7 Å². The Morgan fingerprint density at radius 2 is 1.78 bits per heavy atom. The summed E-state index contributed by atoms with van der Waals surface area (Å²) in [7, 11) is 5.88. The van der Waals surface area contributed by atoms with E-state index < -0.39 is 0 Å². The highest BCUT2D eigenvalue weighted by molar-refractivity contribution is 6.36. The van der Waals surface area contributed by atoms with Crippen molar-refractivity contribution in [3.63, 3.8) is 0 Å². The van der Waals surface area contributed by atoms with Crippen LogP contribution in [0, 0.1) is 0 Å². The third-order valence-electron chi connectivity index (χ3n) is 4.78. The van der Waals surface area contributed by atoms with E-state index in [0.717, 1.165) is 31.6 Å². The van der Waals surface area contributed by atoms with Crippen LogP contribution < -0.4 is 15.7 Å². The molecule has 2 aromatic carbocycles. The number of rotatable bonds is 5. The molecule has 1 heterocycles. The molecule has 1 N–H and O–H groups in total. The fourth-order valence-corrected chi connectivity index (χ4v) is 3.27. The minimum absolute atomic E-state index is 0.120. The number of esters is 1. The van der Waals surface area contributed by atoms with Gasteiger partial charge >= 0.3 is 5.97 Å². The van der Waals surface area contributed by atoms with E-state index in [-0.39, 0.29) is 17.9 Å². The van der Waals surface area contributed by atoms with E-state index in [4.69, 9.17) is 12.6 Å². The number of benzene rings is 2. The molecule has 0 aliphatic carbocycles. The summed E-state index contributed by atoms with van der Waals surface area (Å²) in [5.74, 6) is -0.420. The van der Waals surface area contributed by atoms with Crippen molar-refractivity contribution in [3.05, 3.63) is 59.7 Å². The van der Waals surface area contributed by atoms with E-state index in [2.05, 4.69) is 10.2 Å². The van der Waals surface area contributed by atoms with Gasteiger partial charge in [0.2, 0.25) is 0 Å². The van der Waals surface area contributed by atoms with Crippen molar-refractivity contribution in [3.8, 4) is 0 Å². The summed E-state index contributed by atoms with van der Waals surface area (Å²) >= 11 is 0. The molecule has 0 spiro atoms. The van der Waals surface area contributed by atoms with Crippen LogP contribution in [0.5, 0.6) is 0 Å². The molecule has 1 aliphatic rings.